The number of hydrogen-bond donors (Lipinski definition) is 4. The highest BCUT2D eigenvalue weighted by Crippen LogP contribution is 2.25. The molecular formula is C18H22N2O6S. The van der Waals surface area contributed by atoms with Gasteiger partial charge in [-0.3, -0.25) is 0 Å². The Hall–Kier alpha value is -2.46. The molecule has 0 aliphatic rings. The van der Waals surface area contributed by atoms with Gasteiger partial charge in [-0.1, -0.05) is 48.5 Å². The van der Waals surface area contributed by atoms with Crippen LogP contribution in [0.4, 0.5) is 4.79 Å². The van der Waals surface area contributed by atoms with Crippen molar-refractivity contribution in [3.8, 4) is 0 Å². The summed E-state index contributed by atoms with van der Waals surface area (Å²) in [5.74, 6) is 0. The highest BCUT2D eigenvalue weighted by Gasteiger charge is 2.24. The summed E-state index contributed by atoms with van der Waals surface area (Å²) < 4.78 is 28.2. The Morgan fingerprint density at radius 3 is 2.37 bits per heavy atom. The molecule has 8 nitrogen and oxygen atoms in total. The standard InChI is InChI=1S/C18H22N2O6S/c19-27(24,25)16-9-5-4-8-14(16)17(22)15(21)10-11-20-18(23)26-12-13-6-2-1-3-7-13/h1-9,15,17,21-22H,10-12H2,(H,20,23)(H2,19,24,25). The lowest BCUT2D eigenvalue weighted by molar-refractivity contribution is 0.0120. The van der Waals surface area contributed by atoms with Crippen LogP contribution in [-0.4, -0.2) is 37.4 Å². The molecule has 9 heteroatoms. The van der Waals surface area contributed by atoms with Gasteiger partial charge in [-0.25, -0.2) is 18.4 Å². The molecule has 0 radical (unpaired) electrons. The van der Waals surface area contributed by atoms with E-state index in [4.69, 9.17) is 9.88 Å². The number of nitrogens with one attached hydrogen (secondary N) is 1. The summed E-state index contributed by atoms with van der Waals surface area (Å²) in [6.45, 7) is 0.142. The quantitative estimate of drug-likeness (QED) is 0.528. The number of primary sulfonamides is 1. The Balaban J connectivity index is 1.83. The first kappa shape index (κ1) is 20.8. The Morgan fingerprint density at radius 1 is 1.07 bits per heavy atom. The molecular weight excluding hydrogens is 372 g/mol. The molecule has 5 N–H and O–H groups in total. The second-order valence-electron chi connectivity index (χ2n) is 5.87. The maximum absolute atomic E-state index is 11.6. The Morgan fingerprint density at radius 2 is 1.70 bits per heavy atom. The number of aliphatic hydroxyl groups is 2. The summed E-state index contributed by atoms with van der Waals surface area (Å²) in [5, 5.41) is 27.9. The summed E-state index contributed by atoms with van der Waals surface area (Å²) in [6.07, 6.45) is -3.45. The van der Waals surface area contributed by atoms with Crippen LogP contribution in [-0.2, 0) is 21.4 Å². The van der Waals surface area contributed by atoms with Crippen molar-refractivity contribution < 1.29 is 28.2 Å². The van der Waals surface area contributed by atoms with E-state index in [0.29, 0.717) is 0 Å². The van der Waals surface area contributed by atoms with Gasteiger partial charge in [0.05, 0.1) is 11.0 Å². The van der Waals surface area contributed by atoms with Gasteiger partial charge in [-0.05, 0) is 18.1 Å². The second kappa shape index (κ2) is 9.47. The summed E-state index contributed by atoms with van der Waals surface area (Å²) >= 11 is 0. The Labute approximate surface area is 157 Å². The molecule has 0 aliphatic carbocycles. The van der Waals surface area contributed by atoms with E-state index >= 15 is 0 Å². The van der Waals surface area contributed by atoms with Gasteiger partial charge in [0.2, 0.25) is 10.0 Å². The van der Waals surface area contributed by atoms with Crippen LogP contribution in [0.2, 0.25) is 0 Å². The fourth-order valence-corrected chi connectivity index (χ4v) is 3.23. The lowest BCUT2D eigenvalue weighted by Gasteiger charge is -2.20. The van der Waals surface area contributed by atoms with Gasteiger partial charge in [0.15, 0.2) is 0 Å². The fourth-order valence-electron chi connectivity index (χ4n) is 2.45. The summed E-state index contributed by atoms with van der Waals surface area (Å²) in [6, 6.07) is 14.7. The molecule has 2 aromatic carbocycles. The summed E-state index contributed by atoms with van der Waals surface area (Å²) in [5.41, 5.74) is 0.835. The number of benzene rings is 2. The Bertz CT molecular complexity index is 857. The monoisotopic (exact) mass is 394 g/mol. The van der Waals surface area contributed by atoms with Crippen LogP contribution in [0.1, 0.15) is 23.7 Å². The van der Waals surface area contributed by atoms with E-state index in [0.717, 1.165) is 5.56 Å². The highest BCUT2D eigenvalue weighted by atomic mass is 32.2. The Kier molecular flexibility index (Phi) is 7.31. The third kappa shape index (κ3) is 6.33. The van der Waals surface area contributed by atoms with Crippen molar-refractivity contribution in [2.24, 2.45) is 5.14 Å². The minimum absolute atomic E-state index is 0.000783. The number of ether oxygens (including phenoxy) is 1. The molecule has 2 aromatic rings. The molecule has 0 bridgehead atoms. The van der Waals surface area contributed by atoms with Crippen LogP contribution in [0.25, 0.3) is 0 Å². The number of amides is 1. The smallest absolute Gasteiger partial charge is 0.407 e. The molecule has 1 amide bonds. The molecule has 0 spiro atoms. The van der Waals surface area contributed by atoms with Crippen LogP contribution in [0.5, 0.6) is 0 Å². The average Bonchev–Trinajstić information content (AvgIpc) is 2.66. The first-order valence-electron chi connectivity index (χ1n) is 8.21. The predicted molar refractivity (Wildman–Crippen MR) is 98.0 cm³/mol. The number of carbonyl (C=O) groups excluding carboxylic acids is 1. The van der Waals surface area contributed by atoms with Crippen LogP contribution in [0, 0.1) is 0 Å². The molecule has 0 aromatic heterocycles. The van der Waals surface area contributed by atoms with Gasteiger partial charge in [-0.15, -0.1) is 0 Å². The van der Waals surface area contributed by atoms with Crippen molar-refractivity contribution in [3.63, 3.8) is 0 Å². The lowest BCUT2D eigenvalue weighted by Crippen LogP contribution is -2.30. The van der Waals surface area contributed by atoms with Gasteiger partial charge in [-0.2, -0.15) is 0 Å². The van der Waals surface area contributed by atoms with Crippen LogP contribution >= 0.6 is 0 Å². The third-order valence-electron chi connectivity index (χ3n) is 3.83. The minimum atomic E-state index is -4.04. The first-order chi connectivity index (χ1) is 12.8. The molecule has 0 aliphatic heterocycles. The van der Waals surface area contributed by atoms with Gasteiger partial charge in [0.1, 0.15) is 12.7 Å². The molecule has 2 rings (SSSR count). The first-order valence-corrected chi connectivity index (χ1v) is 9.76. The van der Waals surface area contributed by atoms with Gasteiger partial charge >= 0.3 is 6.09 Å². The topological polar surface area (TPSA) is 139 Å². The average molecular weight is 394 g/mol. The molecule has 0 saturated carbocycles. The maximum Gasteiger partial charge on any atom is 0.407 e. The number of aliphatic hydroxyl groups excluding tert-OH is 2. The van der Waals surface area contributed by atoms with Crippen molar-refractivity contribution in [2.75, 3.05) is 6.54 Å². The maximum atomic E-state index is 11.6. The molecule has 2 atom stereocenters. The number of sulfonamides is 1. The second-order valence-corrected chi connectivity index (χ2v) is 7.40. The number of hydrogen-bond acceptors (Lipinski definition) is 6. The normalized spacial score (nSPS) is 13.6. The summed E-state index contributed by atoms with van der Waals surface area (Å²) in [7, 11) is -4.04. The van der Waals surface area contributed by atoms with E-state index in [2.05, 4.69) is 5.32 Å². The van der Waals surface area contributed by atoms with E-state index in [9.17, 15) is 23.4 Å². The van der Waals surface area contributed by atoms with Crippen LogP contribution < -0.4 is 10.5 Å². The molecule has 27 heavy (non-hydrogen) atoms. The zero-order valence-electron chi connectivity index (χ0n) is 14.5. The van der Waals surface area contributed by atoms with Gasteiger partial charge < -0.3 is 20.3 Å². The largest absolute Gasteiger partial charge is 0.445 e. The fraction of sp³-hybridized carbons (Fsp3) is 0.278. The minimum Gasteiger partial charge on any atom is -0.445 e. The predicted octanol–water partition coefficient (Wildman–Crippen LogP) is 1.04. The molecule has 0 saturated heterocycles. The van der Waals surface area contributed by atoms with Gasteiger partial charge in [0, 0.05) is 12.1 Å². The lowest BCUT2D eigenvalue weighted by atomic mass is 10.0. The van der Waals surface area contributed by atoms with Crippen molar-refractivity contribution in [3.05, 3.63) is 65.7 Å². The molecule has 0 fully saturated rings. The van der Waals surface area contributed by atoms with E-state index in [1.54, 1.807) is 0 Å². The van der Waals surface area contributed by atoms with Crippen molar-refractivity contribution in [1.82, 2.24) is 5.32 Å². The van der Waals surface area contributed by atoms with Crippen LogP contribution in [0.3, 0.4) is 0 Å². The number of rotatable bonds is 8. The summed E-state index contributed by atoms with van der Waals surface area (Å²) in [4.78, 5) is 11.4. The molecule has 2 unspecified atom stereocenters. The highest BCUT2D eigenvalue weighted by molar-refractivity contribution is 7.89. The third-order valence-corrected chi connectivity index (χ3v) is 4.82. The van der Waals surface area contributed by atoms with E-state index in [1.807, 2.05) is 30.3 Å². The van der Waals surface area contributed by atoms with E-state index in [-0.39, 0.29) is 30.0 Å². The van der Waals surface area contributed by atoms with Crippen molar-refractivity contribution >= 4 is 16.1 Å². The van der Waals surface area contributed by atoms with Crippen LogP contribution in [0.15, 0.2) is 59.5 Å². The van der Waals surface area contributed by atoms with Gasteiger partial charge in [0.25, 0.3) is 0 Å². The number of alkyl carbamates (subject to hydrolysis) is 1. The van der Waals surface area contributed by atoms with E-state index < -0.39 is 28.3 Å². The SMILES string of the molecule is NS(=O)(=O)c1ccccc1C(O)C(O)CCNC(=O)OCc1ccccc1. The van der Waals surface area contributed by atoms with Crippen molar-refractivity contribution in [2.45, 2.75) is 30.1 Å². The zero-order valence-corrected chi connectivity index (χ0v) is 15.3. The molecule has 146 valence electrons. The molecule has 0 heterocycles. The number of nitrogens with two attached hydrogens (primary N) is 1. The van der Waals surface area contributed by atoms with Crippen molar-refractivity contribution in [1.29, 1.82) is 0 Å². The zero-order chi connectivity index (χ0) is 19.9. The number of carbonyl (C=O) groups is 1. The van der Waals surface area contributed by atoms with E-state index in [1.165, 1.54) is 24.3 Å².